The Kier molecular flexibility index (Phi) is 6.10. The Labute approximate surface area is 130 Å². The van der Waals surface area contributed by atoms with Gasteiger partial charge < -0.3 is 14.9 Å². The highest BCUT2D eigenvalue weighted by molar-refractivity contribution is 6.04. The van der Waals surface area contributed by atoms with Gasteiger partial charge in [-0.1, -0.05) is 6.92 Å². The lowest BCUT2D eigenvalue weighted by molar-refractivity contribution is -0.106. The number of nitrogens with two attached hydrogens (primary N) is 1. The maximum absolute atomic E-state index is 12.0. The first-order chi connectivity index (χ1) is 10.4. The molecule has 120 valence electrons. The molecule has 1 amide bonds. The first kappa shape index (κ1) is 17.7. The molecule has 0 bridgehead atoms. The summed E-state index contributed by atoms with van der Waals surface area (Å²) in [7, 11) is 0. The van der Waals surface area contributed by atoms with Gasteiger partial charge in [0.05, 0.1) is 17.9 Å². The number of primary amides is 1. The summed E-state index contributed by atoms with van der Waals surface area (Å²) in [6.45, 7) is 10.1. The van der Waals surface area contributed by atoms with Gasteiger partial charge in [0.2, 0.25) is 12.3 Å². The Hall–Kier alpha value is -2.37. The summed E-state index contributed by atoms with van der Waals surface area (Å²) in [6, 6.07) is 0. The number of carbonyl (C=O) groups excluding carboxylic acids is 2. The van der Waals surface area contributed by atoms with Crippen LogP contribution >= 0.6 is 0 Å². The number of aryl methyl sites for hydroxylation is 2. The first-order valence-electron chi connectivity index (χ1n) is 7.23. The van der Waals surface area contributed by atoms with Gasteiger partial charge in [-0.25, -0.2) is 4.98 Å². The van der Waals surface area contributed by atoms with E-state index in [1.165, 1.54) is 0 Å². The average molecular weight is 305 g/mol. The Morgan fingerprint density at radius 3 is 2.45 bits per heavy atom. The normalized spacial score (nSPS) is 10.0. The number of amides is 1. The number of rotatable bonds is 4. The highest BCUT2D eigenvalue weighted by Crippen LogP contribution is 2.30. The first-order valence-corrected chi connectivity index (χ1v) is 7.23. The number of Topliss-reactive ketones (excluding diaryl/α,β-unsaturated/α-hetero) is 1. The molecule has 22 heavy (non-hydrogen) atoms. The second-order valence-electron chi connectivity index (χ2n) is 4.82. The van der Waals surface area contributed by atoms with Crippen molar-refractivity contribution in [2.45, 2.75) is 41.0 Å². The number of hydrogen-bond donors (Lipinski definition) is 1. The van der Waals surface area contributed by atoms with Crippen molar-refractivity contribution in [1.82, 2.24) is 9.38 Å². The zero-order chi connectivity index (χ0) is 16.9. The maximum Gasteiger partial charge on any atom is 0.239 e. The molecule has 0 atom stereocenters. The van der Waals surface area contributed by atoms with E-state index in [-0.39, 0.29) is 12.2 Å². The number of fused-ring (bicyclic) bond motifs is 1. The Morgan fingerprint density at radius 2 is 2.00 bits per heavy atom. The van der Waals surface area contributed by atoms with Crippen LogP contribution in [0.5, 0.6) is 5.88 Å². The minimum atomic E-state index is 0.0639. The van der Waals surface area contributed by atoms with Crippen molar-refractivity contribution in [3.63, 3.8) is 0 Å². The van der Waals surface area contributed by atoms with E-state index in [2.05, 4.69) is 17.6 Å². The van der Waals surface area contributed by atoms with E-state index < -0.39 is 0 Å². The van der Waals surface area contributed by atoms with E-state index >= 15 is 0 Å². The quantitative estimate of drug-likeness (QED) is 0.693. The lowest BCUT2D eigenvalue weighted by atomic mass is 10.0. The van der Waals surface area contributed by atoms with Gasteiger partial charge in [-0.05, 0) is 39.7 Å². The van der Waals surface area contributed by atoms with Gasteiger partial charge >= 0.3 is 0 Å². The van der Waals surface area contributed by atoms with Crippen LogP contribution in [0.4, 0.5) is 0 Å². The molecule has 0 aliphatic rings. The third-order valence-corrected chi connectivity index (χ3v) is 3.36. The Balaban J connectivity index is 0.000000745. The van der Waals surface area contributed by atoms with Gasteiger partial charge in [0, 0.05) is 11.9 Å². The summed E-state index contributed by atoms with van der Waals surface area (Å²) >= 11 is 0. The van der Waals surface area contributed by atoms with Crippen LogP contribution in [-0.4, -0.2) is 28.2 Å². The molecular weight excluding hydrogens is 282 g/mol. The minimum absolute atomic E-state index is 0.0639. The van der Waals surface area contributed by atoms with Crippen molar-refractivity contribution in [2.24, 2.45) is 5.73 Å². The number of nitrogens with zero attached hydrogens (tertiary/aromatic N) is 2. The summed E-state index contributed by atoms with van der Waals surface area (Å²) in [4.78, 5) is 25.0. The number of ketones is 1. The lowest BCUT2D eigenvalue weighted by Crippen LogP contribution is -2.03. The molecular formula is C16H23N3O3. The van der Waals surface area contributed by atoms with Crippen molar-refractivity contribution >= 4 is 17.7 Å². The molecule has 6 nitrogen and oxygen atoms in total. The third kappa shape index (κ3) is 3.27. The standard InChI is InChI=1S/C15H20N2O2.CH3NO/c1-6-12-10(4)17-8-9(3)16-15(19-7-2)14(17)13(12)11(5)18;2-1-3/h8H,6-7H2,1-5H3;1H,(H2,2,3). The molecule has 0 radical (unpaired) electrons. The van der Waals surface area contributed by atoms with Gasteiger partial charge in [0.15, 0.2) is 5.78 Å². The largest absolute Gasteiger partial charge is 0.476 e. The summed E-state index contributed by atoms with van der Waals surface area (Å²) in [5.74, 6) is 0.615. The van der Waals surface area contributed by atoms with Gasteiger partial charge in [-0.15, -0.1) is 0 Å². The number of carbonyl (C=O) groups is 2. The van der Waals surface area contributed by atoms with Crippen LogP contribution in [0.3, 0.4) is 0 Å². The van der Waals surface area contributed by atoms with Crippen molar-refractivity contribution in [2.75, 3.05) is 6.61 Å². The molecule has 0 saturated heterocycles. The van der Waals surface area contributed by atoms with Crippen molar-refractivity contribution in [1.29, 1.82) is 0 Å². The maximum atomic E-state index is 12.0. The Bertz CT molecular complexity index is 690. The fraction of sp³-hybridized carbons (Fsp3) is 0.438. The van der Waals surface area contributed by atoms with Gasteiger partial charge in [0.1, 0.15) is 5.52 Å². The zero-order valence-corrected chi connectivity index (χ0v) is 13.8. The second kappa shape index (κ2) is 7.59. The van der Waals surface area contributed by atoms with E-state index in [1.54, 1.807) is 6.92 Å². The van der Waals surface area contributed by atoms with E-state index in [0.29, 0.717) is 12.5 Å². The number of hydrogen-bond acceptors (Lipinski definition) is 4. The third-order valence-electron chi connectivity index (χ3n) is 3.36. The predicted molar refractivity (Wildman–Crippen MR) is 85.5 cm³/mol. The van der Waals surface area contributed by atoms with Crippen LogP contribution in [-0.2, 0) is 11.2 Å². The topological polar surface area (TPSA) is 86.7 Å². The predicted octanol–water partition coefficient (Wildman–Crippen LogP) is 2.22. The van der Waals surface area contributed by atoms with Crippen LogP contribution < -0.4 is 10.5 Å². The molecule has 2 N–H and O–H groups in total. The van der Waals surface area contributed by atoms with Gasteiger partial charge in [-0.3, -0.25) is 9.59 Å². The van der Waals surface area contributed by atoms with Gasteiger partial charge in [0.25, 0.3) is 0 Å². The fourth-order valence-corrected chi connectivity index (χ4v) is 2.61. The highest BCUT2D eigenvalue weighted by Gasteiger charge is 2.21. The zero-order valence-electron chi connectivity index (χ0n) is 13.8. The van der Waals surface area contributed by atoms with Crippen LogP contribution in [0.1, 0.15) is 48.1 Å². The van der Waals surface area contributed by atoms with Crippen LogP contribution in [0.15, 0.2) is 6.20 Å². The van der Waals surface area contributed by atoms with E-state index in [0.717, 1.165) is 34.5 Å². The monoisotopic (exact) mass is 305 g/mol. The molecule has 0 unspecified atom stereocenters. The molecule has 6 heteroatoms. The number of ether oxygens (including phenoxy) is 1. The smallest absolute Gasteiger partial charge is 0.239 e. The molecule has 0 fully saturated rings. The SMILES string of the molecule is CCOc1nc(C)cn2c(C)c(CC)c(C(C)=O)c12.NC=O. The summed E-state index contributed by atoms with van der Waals surface area (Å²) in [5, 5.41) is 0. The lowest BCUT2D eigenvalue weighted by Gasteiger charge is -2.08. The van der Waals surface area contributed by atoms with Crippen molar-refractivity contribution in [3.05, 3.63) is 28.7 Å². The van der Waals surface area contributed by atoms with Gasteiger partial charge in [-0.2, -0.15) is 0 Å². The minimum Gasteiger partial charge on any atom is -0.476 e. The molecule has 2 aromatic heterocycles. The average Bonchev–Trinajstić information content (AvgIpc) is 2.73. The molecule has 2 rings (SSSR count). The molecule has 0 aliphatic carbocycles. The number of aromatic nitrogens is 2. The summed E-state index contributed by atoms with van der Waals surface area (Å²) in [5.41, 5.74) is 8.77. The fourth-order valence-electron chi connectivity index (χ4n) is 2.61. The van der Waals surface area contributed by atoms with E-state index in [4.69, 9.17) is 9.53 Å². The molecule has 0 aliphatic heterocycles. The van der Waals surface area contributed by atoms with Crippen LogP contribution in [0.25, 0.3) is 5.52 Å². The molecule has 0 spiro atoms. The molecule has 2 heterocycles. The Morgan fingerprint density at radius 1 is 1.41 bits per heavy atom. The van der Waals surface area contributed by atoms with Crippen LogP contribution in [0, 0.1) is 13.8 Å². The highest BCUT2D eigenvalue weighted by atomic mass is 16.5. The van der Waals surface area contributed by atoms with Crippen LogP contribution in [0.2, 0.25) is 0 Å². The second-order valence-corrected chi connectivity index (χ2v) is 4.82. The van der Waals surface area contributed by atoms with Crippen molar-refractivity contribution in [3.8, 4) is 5.88 Å². The van der Waals surface area contributed by atoms with E-state index in [1.807, 2.05) is 31.4 Å². The van der Waals surface area contributed by atoms with Crippen molar-refractivity contribution < 1.29 is 14.3 Å². The molecule has 0 saturated carbocycles. The summed E-state index contributed by atoms with van der Waals surface area (Å²) < 4.78 is 7.65. The van der Waals surface area contributed by atoms with E-state index in [9.17, 15) is 4.79 Å². The molecule has 0 aromatic carbocycles. The molecule has 2 aromatic rings. The summed E-state index contributed by atoms with van der Waals surface area (Å²) in [6.07, 6.45) is 3.03.